The van der Waals surface area contributed by atoms with E-state index in [1.807, 2.05) is 42.3 Å². The molecule has 4 rings (SSSR count). The van der Waals surface area contributed by atoms with Crippen molar-refractivity contribution in [2.45, 2.75) is 64.8 Å². The molecule has 0 radical (unpaired) electrons. The molecule has 0 atom stereocenters. The molecule has 164 valence electrons. The van der Waals surface area contributed by atoms with Crippen molar-refractivity contribution in [2.24, 2.45) is 5.92 Å². The van der Waals surface area contributed by atoms with Crippen molar-refractivity contribution in [1.29, 1.82) is 0 Å². The lowest BCUT2D eigenvalue weighted by Gasteiger charge is -2.28. The van der Waals surface area contributed by atoms with Crippen molar-refractivity contribution in [2.75, 3.05) is 6.54 Å². The molecular weight excluding hydrogens is 388 g/mol. The quantitative estimate of drug-likeness (QED) is 0.573. The standard InChI is InChI=1S/C24H32N6O/c1-17-14-18(2)30(29-17)13-3-4-23(31)26-15-19-5-7-21(8-6-19)24-22(16-27-28-24)20-9-11-25-12-10-20/h9-12,14,16,19,21H,3-8,13,15H2,1-2H3,(H,26,31)(H,27,28). The molecule has 0 bridgehead atoms. The van der Waals surface area contributed by atoms with Crippen LogP contribution in [0.2, 0.25) is 0 Å². The van der Waals surface area contributed by atoms with Crippen molar-refractivity contribution in [3.63, 3.8) is 0 Å². The number of aromatic nitrogens is 5. The van der Waals surface area contributed by atoms with Crippen LogP contribution in [0.15, 0.2) is 36.8 Å². The van der Waals surface area contributed by atoms with E-state index in [4.69, 9.17) is 0 Å². The number of hydrogen-bond acceptors (Lipinski definition) is 4. The Morgan fingerprint density at radius 3 is 2.68 bits per heavy atom. The number of H-pyrrole nitrogens is 1. The smallest absolute Gasteiger partial charge is 0.220 e. The van der Waals surface area contributed by atoms with Gasteiger partial charge in [0, 0.05) is 54.8 Å². The highest BCUT2D eigenvalue weighted by molar-refractivity contribution is 5.75. The van der Waals surface area contributed by atoms with Crippen LogP contribution in [-0.4, -0.2) is 37.4 Å². The second-order valence-electron chi connectivity index (χ2n) is 8.71. The Balaban J connectivity index is 1.19. The maximum absolute atomic E-state index is 12.3. The second kappa shape index (κ2) is 9.90. The molecule has 1 aliphatic carbocycles. The predicted octanol–water partition coefficient (Wildman–Crippen LogP) is 4.16. The topological polar surface area (TPSA) is 88.5 Å². The summed E-state index contributed by atoms with van der Waals surface area (Å²) >= 11 is 0. The number of pyridine rings is 1. The summed E-state index contributed by atoms with van der Waals surface area (Å²) in [5.41, 5.74) is 5.76. The van der Waals surface area contributed by atoms with Crippen LogP contribution in [-0.2, 0) is 11.3 Å². The molecule has 3 heterocycles. The molecule has 0 aromatic carbocycles. The molecule has 3 aromatic rings. The third kappa shape index (κ3) is 5.40. The van der Waals surface area contributed by atoms with Gasteiger partial charge in [0.2, 0.25) is 5.91 Å². The second-order valence-corrected chi connectivity index (χ2v) is 8.71. The monoisotopic (exact) mass is 420 g/mol. The molecular formula is C24H32N6O. The molecule has 1 amide bonds. The van der Waals surface area contributed by atoms with Gasteiger partial charge in [0.15, 0.2) is 0 Å². The van der Waals surface area contributed by atoms with Crippen LogP contribution in [0.3, 0.4) is 0 Å². The number of carbonyl (C=O) groups is 1. The highest BCUT2D eigenvalue weighted by atomic mass is 16.1. The molecule has 31 heavy (non-hydrogen) atoms. The van der Waals surface area contributed by atoms with Crippen LogP contribution >= 0.6 is 0 Å². The van der Waals surface area contributed by atoms with Crippen molar-refractivity contribution in [3.8, 4) is 11.1 Å². The van der Waals surface area contributed by atoms with Gasteiger partial charge in [0.05, 0.1) is 11.9 Å². The Hall–Kier alpha value is -2.96. The van der Waals surface area contributed by atoms with E-state index in [1.54, 1.807) is 0 Å². The van der Waals surface area contributed by atoms with Crippen molar-refractivity contribution < 1.29 is 4.79 Å². The molecule has 0 saturated heterocycles. The lowest BCUT2D eigenvalue weighted by molar-refractivity contribution is -0.121. The number of rotatable bonds is 8. The minimum atomic E-state index is 0.150. The first-order chi connectivity index (χ1) is 15.1. The fraction of sp³-hybridized carbons (Fsp3) is 0.500. The molecule has 0 aliphatic heterocycles. The lowest BCUT2D eigenvalue weighted by atomic mass is 9.79. The fourth-order valence-corrected chi connectivity index (χ4v) is 4.66. The van der Waals surface area contributed by atoms with Crippen LogP contribution in [0.4, 0.5) is 0 Å². The minimum Gasteiger partial charge on any atom is -0.356 e. The third-order valence-corrected chi connectivity index (χ3v) is 6.38. The Kier molecular flexibility index (Phi) is 6.79. The molecule has 2 N–H and O–H groups in total. The van der Waals surface area contributed by atoms with E-state index in [9.17, 15) is 4.79 Å². The zero-order valence-corrected chi connectivity index (χ0v) is 18.5. The van der Waals surface area contributed by atoms with Gasteiger partial charge >= 0.3 is 0 Å². The van der Waals surface area contributed by atoms with Gasteiger partial charge in [0.1, 0.15) is 0 Å². The van der Waals surface area contributed by atoms with E-state index in [0.717, 1.165) is 62.1 Å². The number of nitrogens with zero attached hydrogens (tertiary/aromatic N) is 4. The van der Waals surface area contributed by atoms with Crippen molar-refractivity contribution >= 4 is 5.91 Å². The summed E-state index contributed by atoms with van der Waals surface area (Å²) < 4.78 is 1.99. The zero-order chi connectivity index (χ0) is 21.6. The minimum absolute atomic E-state index is 0.150. The number of aromatic amines is 1. The Bertz CT molecular complexity index is 985. The molecule has 7 nitrogen and oxygen atoms in total. The Morgan fingerprint density at radius 1 is 1.19 bits per heavy atom. The van der Waals surface area contributed by atoms with E-state index >= 15 is 0 Å². The third-order valence-electron chi connectivity index (χ3n) is 6.38. The largest absolute Gasteiger partial charge is 0.356 e. The van der Waals surface area contributed by atoms with Gasteiger partial charge < -0.3 is 5.32 Å². The van der Waals surface area contributed by atoms with Gasteiger partial charge in [-0.2, -0.15) is 10.2 Å². The van der Waals surface area contributed by atoms with Crippen LogP contribution in [0.25, 0.3) is 11.1 Å². The molecule has 7 heteroatoms. The summed E-state index contributed by atoms with van der Waals surface area (Å²) in [6, 6.07) is 6.13. The predicted molar refractivity (Wildman–Crippen MR) is 120 cm³/mol. The maximum atomic E-state index is 12.3. The number of carbonyl (C=O) groups excluding carboxylic acids is 1. The highest BCUT2D eigenvalue weighted by Crippen LogP contribution is 2.38. The summed E-state index contributed by atoms with van der Waals surface area (Å²) in [6.45, 7) is 5.63. The summed E-state index contributed by atoms with van der Waals surface area (Å²) in [5, 5.41) is 15.1. The van der Waals surface area contributed by atoms with Crippen LogP contribution < -0.4 is 5.32 Å². The first-order valence-electron chi connectivity index (χ1n) is 11.3. The van der Waals surface area contributed by atoms with E-state index in [2.05, 4.69) is 38.6 Å². The molecule has 3 aromatic heterocycles. The summed E-state index contributed by atoms with van der Waals surface area (Å²) in [6.07, 6.45) is 11.4. The highest BCUT2D eigenvalue weighted by Gasteiger charge is 2.25. The van der Waals surface area contributed by atoms with Gasteiger partial charge in [-0.3, -0.25) is 19.6 Å². The van der Waals surface area contributed by atoms with E-state index in [0.29, 0.717) is 18.3 Å². The summed E-state index contributed by atoms with van der Waals surface area (Å²) in [7, 11) is 0. The van der Waals surface area contributed by atoms with Crippen molar-refractivity contribution in [3.05, 3.63) is 53.9 Å². The number of nitrogens with one attached hydrogen (secondary N) is 2. The van der Waals surface area contributed by atoms with Gasteiger partial charge in [0.25, 0.3) is 0 Å². The summed E-state index contributed by atoms with van der Waals surface area (Å²) in [4.78, 5) is 16.4. The first-order valence-corrected chi connectivity index (χ1v) is 11.3. The lowest BCUT2D eigenvalue weighted by Crippen LogP contribution is -2.31. The van der Waals surface area contributed by atoms with Crippen LogP contribution in [0.1, 0.15) is 61.5 Å². The van der Waals surface area contributed by atoms with E-state index in [-0.39, 0.29) is 5.91 Å². The SMILES string of the molecule is Cc1cc(C)n(CCCC(=O)NCC2CCC(c3[nH]ncc3-c3ccncc3)CC2)n1. The zero-order valence-electron chi connectivity index (χ0n) is 18.5. The van der Waals surface area contributed by atoms with Crippen LogP contribution in [0.5, 0.6) is 0 Å². The molecule has 1 aliphatic rings. The molecule has 0 spiro atoms. The molecule has 1 saturated carbocycles. The van der Waals surface area contributed by atoms with Crippen molar-refractivity contribution in [1.82, 2.24) is 30.3 Å². The van der Waals surface area contributed by atoms with E-state index in [1.165, 1.54) is 11.3 Å². The fourth-order valence-electron chi connectivity index (χ4n) is 4.66. The molecule has 0 unspecified atom stereocenters. The molecule has 1 fully saturated rings. The number of aryl methyl sites for hydroxylation is 3. The first kappa shape index (κ1) is 21.3. The Labute approximate surface area is 183 Å². The summed E-state index contributed by atoms with van der Waals surface area (Å²) in [5.74, 6) is 1.21. The average molecular weight is 421 g/mol. The van der Waals surface area contributed by atoms with Gasteiger partial charge in [-0.1, -0.05) is 0 Å². The van der Waals surface area contributed by atoms with Gasteiger partial charge in [-0.05, 0) is 75.6 Å². The van der Waals surface area contributed by atoms with Gasteiger partial charge in [-0.25, -0.2) is 0 Å². The Morgan fingerprint density at radius 2 is 1.97 bits per heavy atom. The number of amides is 1. The van der Waals surface area contributed by atoms with Gasteiger partial charge in [-0.15, -0.1) is 0 Å². The van der Waals surface area contributed by atoms with E-state index < -0.39 is 0 Å². The maximum Gasteiger partial charge on any atom is 0.220 e. The normalized spacial score (nSPS) is 18.8. The number of hydrogen-bond donors (Lipinski definition) is 2. The van der Waals surface area contributed by atoms with Crippen LogP contribution in [0, 0.1) is 19.8 Å². The average Bonchev–Trinajstić information content (AvgIpc) is 3.39.